The van der Waals surface area contributed by atoms with Crippen molar-refractivity contribution < 1.29 is 9.53 Å². The van der Waals surface area contributed by atoms with Crippen LogP contribution in [0.3, 0.4) is 0 Å². The molecule has 0 spiro atoms. The Labute approximate surface area is 144 Å². The molecule has 1 aliphatic carbocycles. The number of urea groups is 1. The van der Waals surface area contributed by atoms with Gasteiger partial charge in [-0.15, -0.1) is 0 Å². The van der Waals surface area contributed by atoms with E-state index in [1.54, 1.807) is 7.11 Å². The number of carbonyl (C=O) groups excluding carboxylic acids is 1. The van der Waals surface area contributed by atoms with Crippen molar-refractivity contribution in [3.8, 4) is 5.75 Å². The van der Waals surface area contributed by atoms with Crippen LogP contribution in [0.15, 0.2) is 24.3 Å². The molecular weight excluding hydrogens is 302 g/mol. The van der Waals surface area contributed by atoms with E-state index < -0.39 is 0 Å². The van der Waals surface area contributed by atoms with Gasteiger partial charge >= 0.3 is 6.03 Å². The monoisotopic (exact) mass is 331 g/mol. The highest BCUT2D eigenvalue weighted by Crippen LogP contribution is 2.47. The molecule has 24 heavy (non-hydrogen) atoms. The Morgan fingerprint density at radius 2 is 1.96 bits per heavy atom. The fourth-order valence-corrected chi connectivity index (χ4v) is 3.68. The number of carbonyl (C=O) groups is 1. The Morgan fingerprint density at radius 1 is 1.29 bits per heavy atom. The first-order chi connectivity index (χ1) is 11.7. The Morgan fingerprint density at radius 3 is 2.50 bits per heavy atom. The number of amides is 2. The second-order valence-corrected chi connectivity index (χ2v) is 7.18. The van der Waals surface area contributed by atoms with E-state index in [4.69, 9.17) is 10.5 Å². The first-order valence-corrected chi connectivity index (χ1v) is 9.04. The van der Waals surface area contributed by atoms with Gasteiger partial charge in [0, 0.05) is 25.0 Å². The average Bonchev–Trinajstić information content (AvgIpc) is 3.42. The Bertz CT molecular complexity index is 546. The highest BCUT2D eigenvalue weighted by atomic mass is 16.5. The van der Waals surface area contributed by atoms with Gasteiger partial charge in [-0.25, -0.2) is 4.79 Å². The van der Waals surface area contributed by atoms with Gasteiger partial charge in [-0.2, -0.15) is 0 Å². The number of methoxy groups -OCH3 is 1. The average molecular weight is 331 g/mol. The maximum Gasteiger partial charge on any atom is 0.317 e. The van der Waals surface area contributed by atoms with Crippen LogP contribution < -0.4 is 15.8 Å². The van der Waals surface area contributed by atoms with E-state index in [1.807, 2.05) is 17.0 Å². The summed E-state index contributed by atoms with van der Waals surface area (Å²) >= 11 is 0. The maximum atomic E-state index is 12.4. The lowest BCUT2D eigenvalue weighted by Gasteiger charge is -2.32. The zero-order valence-corrected chi connectivity index (χ0v) is 14.6. The lowest BCUT2D eigenvalue weighted by atomic mass is 9.94. The van der Waals surface area contributed by atoms with Crippen molar-refractivity contribution in [3.05, 3.63) is 29.8 Å². The number of nitrogens with one attached hydrogen (secondary N) is 1. The normalized spacial score (nSPS) is 19.8. The van der Waals surface area contributed by atoms with Crippen LogP contribution in [-0.4, -0.2) is 44.2 Å². The molecule has 2 amide bonds. The fraction of sp³-hybridized carbons (Fsp3) is 0.632. The topological polar surface area (TPSA) is 67.6 Å². The minimum atomic E-state index is 0.0842. The molecule has 1 saturated carbocycles. The van der Waals surface area contributed by atoms with Crippen molar-refractivity contribution in [1.82, 2.24) is 10.2 Å². The van der Waals surface area contributed by atoms with E-state index in [2.05, 4.69) is 17.4 Å². The van der Waals surface area contributed by atoms with Crippen LogP contribution in [0.1, 0.15) is 37.7 Å². The maximum absolute atomic E-state index is 12.4. The van der Waals surface area contributed by atoms with Crippen molar-refractivity contribution in [2.75, 3.05) is 33.3 Å². The molecule has 0 unspecified atom stereocenters. The lowest BCUT2D eigenvalue weighted by Crippen LogP contribution is -2.46. The Balaban J connectivity index is 1.49. The van der Waals surface area contributed by atoms with Gasteiger partial charge in [0.2, 0.25) is 0 Å². The number of ether oxygens (including phenoxy) is 1. The molecule has 1 aromatic carbocycles. The zero-order valence-electron chi connectivity index (χ0n) is 14.6. The SMILES string of the molecule is COc1ccc(C2(CNC(=O)N3CCC(CCN)CC3)CC2)cc1. The number of likely N-dealkylation sites (tertiary alicyclic amines) is 1. The minimum Gasteiger partial charge on any atom is -0.497 e. The molecule has 0 bridgehead atoms. The number of benzene rings is 1. The summed E-state index contributed by atoms with van der Waals surface area (Å²) in [5, 5.41) is 3.16. The third-order valence-corrected chi connectivity index (χ3v) is 5.61. The molecule has 0 radical (unpaired) electrons. The van der Waals surface area contributed by atoms with E-state index in [-0.39, 0.29) is 11.4 Å². The summed E-state index contributed by atoms with van der Waals surface area (Å²) in [5.74, 6) is 1.56. The highest BCUT2D eigenvalue weighted by molar-refractivity contribution is 5.74. The number of nitrogens with zero attached hydrogens (tertiary/aromatic N) is 1. The molecule has 0 aromatic heterocycles. The molecule has 5 heteroatoms. The van der Waals surface area contributed by atoms with Gasteiger partial charge in [-0.1, -0.05) is 12.1 Å². The summed E-state index contributed by atoms with van der Waals surface area (Å²) in [6.45, 7) is 3.18. The van der Waals surface area contributed by atoms with E-state index in [9.17, 15) is 4.79 Å². The molecule has 132 valence electrons. The van der Waals surface area contributed by atoms with Gasteiger partial charge in [-0.3, -0.25) is 0 Å². The molecule has 2 fully saturated rings. The smallest absolute Gasteiger partial charge is 0.317 e. The molecule has 5 nitrogen and oxygen atoms in total. The van der Waals surface area contributed by atoms with Crippen LogP contribution in [-0.2, 0) is 5.41 Å². The third kappa shape index (κ3) is 3.83. The highest BCUT2D eigenvalue weighted by Gasteiger charge is 2.44. The Hall–Kier alpha value is -1.75. The number of nitrogens with two attached hydrogens (primary N) is 1. The Kier molecular flexibility index (Phi) is 5.29. The van der Waals surface area contributed by atoms with E-state index in [1.165, 1.54) is 5.56 Å². The van der Waals surface area contributed by atoms with Gasteiger partial charge in [0.05, 0.1) is 7.11 Å². The summed E-state index contributed by atoms with van der Waals surface area (Å²) in [6.07, 6.45) is 5.51. The molecule has 1 aliphatic heterocycles. The van der Waals surface area contributed by atoms with E-state index >= 15 is 0 Å². The van der Waals surface area contributed by atoms with Crippen LogP contribution in [0.25, 0.3) is 0 Å². The van der Waals surface area contributed by atoms with Gasteiger partial charge < -0.3 is 20.7 Å². The second kappa shape index (κ2) is 7.43. The van der Waals surface area contributed by atoms with Crippen LogP contribution in [0.4, 0.5) is 4.79 Å². The predicted molar refractivity (Wildman–Crippen MR) is 95.3 cm³/mol. The van der Waals surface area contributed by atoms with Gasteiger partial charge in [-0.05, 0) is 62.3 Å². The fourth-order valence-electron chi connectivity index (χ4n) is 3.68. The molecule has 3 rings (SSSR count). The number of hydrogen-bond acceptors (Lipinski definition) is 3. The summed E-state index contributed by atoms with van der Waals surface area (Å²) in [7, 11) is 1.68. The third-order valence-electron chi connectivity index (χ3n) is 5.61. The molecule has 1 aromatic rings. The summed E-state index contributed by atoms with van der Waals surface area (Å²) < 4.78 is 5.22. The van der Waals surface area contributed by atoms with Crippen molar-refractivity contribution in [3.63, 3.8) is 0 Å². The number of rotatable bonds is 6. The summed E-state index contributed by atoms with van der Waals surface area (Å²) in [5.41, 5.74) is 7.05. The van der Waals surface area contributed by atoms with Gasteiger partial charge in [0.15, 0.2) is 0 Å². The van der Waals surface area contributed by atoms with Crippen molar-refractivity contribution in [2.45, 2.75) is 37.5 Å². The zero-order chi connectivity index (χ0) is 17.0. The quantitative estimate of drug-likeness (QED) is 0.841. The van der Waals surface area contributed by atoms with Crippen LogP contribution in [0.2, 0.25) is 0 Å². The van der Waals surface area contributed by atoms with Crippen molar-refractivity contribution in [1.29, 1.82) is 0 Å². The summed E-state index contributed by atoms with van der Waals surface area (Å²) in [6, 6.07) is 8.33. The van der Waals surface area contributed by atoms with E-state index in [0.29, 0.717) is 5.92 Å². The van der Waals surface area contributed by atoms with Gasteiger partial charge in [0.25, 0.3) is 0 Å². The predicted octanol–water partition coefficient (Wildman–Crippen LogP) is 2.50. The van der Waals surface area contributed by atoms with Crippen LogP contribution >= 0.6 is 0 Å². The molecule has 3 N–H and O–H groups in total. The number of hydrogen-bond donors (Lipinski definition) is 2. The van der Waals surface area contributed by atoms with Crippen LogP contribution in [0, 0.1) is 5.92 Å². The minimum absolute atomic E-state index is 0.0842. The largest absolute Gasteiger partial charge is 0.497 e. The molecule has 1 saturated heterocycles. The summed E-state index contributed by atoms with van der Waals surface area (Å²) in [4.78, 5) is 14.4. The lowest BCUT2D eigenvalue weighted by molar-refractivity contribution is 0.168. The van der Waals surface area contributed by atoms with Gasteiger partial charge in [0.1, 0.15) is 5.75 Å². The number of piperidine rings is 1. The van der Waals surface area contributed by atoms with Crippen molar-refractivity contribution in [2.24, 2.45) is 11.7 Å². The molecule has 1 heterocycles. The first-order valence-electron chi connectivity index (χ1n) is 9.04. The molecular formula is C19H29N3O2. The van der Waals surface area contributed by atoms with Crippen molar-refractivity contribution >= 4 is 6.03 Å². The standard InChI is InChI=1S/C19H29N3O2/c1-24-17-4-2-16(3-5-17)19(9-10-19)14-21-18(23)22-12-7-15(6-11-20)8-13-22/h2-5,15H,6-14,20H2,1H3,(H,21,23). The van der Waals surface area contributed by atoms with E-state index in [0.717, 1.165) is 64.0 Å². The molecule has 2 aliphatic rings. The first kappa shape index (κ1) is 17.1. The second-order valence-electron chi connectivity index (χ2n) is 7.18. The molecule has 0 atom stereocenters. The van der Waals surface area contributed by atoms with Crippen LogP contribution in [0.5, 0.6) is 5.75 Å².